The van der Waals surface area contributed by atoms with E-state index in [1.54, 1.807) is 17.3 Å². The van der Waals surface area contributed by atoms with Gasteiger partial charge >= 0.3 is 0 Å². The Bertz CT molecular complexity index is 1320. The molecule has 4 heterocycles. The molecule has 1 saturated carbocycles. The standard InChI is InChI=1S/C25H26Cl2N4O3S/c1-25(2)19-20(25)24(33)31(23(19)32)10-14-8-18-22(35-14)21(30-11-29-18)16-5-12(26)6-17(27)15(16)7-13-9-28-3-4-34-13/h5-6,8,11,13,19-20,23,28,32H,3-4,7,9-10H2,1-2H3. The minimum atomic E-state index is -0.749. The maximum absolute atomic E-state index is 12.9. The lowest BCUT2D eigenvalue weighted by Crippen LogP contribution is -2.39. The lowest BCUT2D eigenvalue weighted by Gasteiger charge is -2.26. The highest BCUT2D eigenvalue weighted by molar-refractivity contribution is 7.19. The molecule has 2 N–H and O–H groups in total. The number of piperidine rings is 1. The Morgan fingerprint density at radius 1 is 1.29 bits per heavy atom. The Kier molecular flexibility index (Phi) is 5.82. The first-order chi connectivity index (χ1) is 16.8. The molecule has 3 aliphatic rings. The van der Waals surface area contributed by atoms with Gasteiger partial charge in [-0.1, -0.05) is 37.0 Å². The number of aliphatic hydroxyl groups excluding tert-OH is 1. The number of aromatic nitrogens is 2. The van der Waals surface area contributed by atoms with Crippen molar-refractivity contribution in [2.45, 2.75) is 39.1 Å². The monoisotopic (exact) mass is 532 g/mol. The summed E-state index contributed by atoms with van der Waals surface area (Å²) in [6, 6.07) is 5.62. The van der Waals surface area contributed by atoms with E-state index in [2.05, 4.69) is 15.3 Å². The number of carbonyl (C=O) groups is 1. The molecular weight excluding hydrogens is 507 g/mol. The molecule has 2 aromatic heterocycles. The van der Waals surface area contributed by atoms with Gasteiger partial charge in [-0.05, 0) is 29.2 Å². The van der Waals surface area contributed by atoms with Gasteiger partial charge in [0.25, 0.3) is 0 Å². The molecule has 3 fully saturated rings. The van der Waals surface area contributed by atoms with Gasteiger partial charge in [0.2, 0.25) is 5.91 Å². The zero-order valence-corrected chi connectivity index (χ0v) is 21.8. The number of thiophene rings is 1. The van der Waals surface area contributed by atoms with E-state index in [0.29, 0.717) is 29.6 Å². The Morgan fingerprint density at radius 3 is 2.83 bits per heavy atom. The third-order valence-corrected chi connectivity index (χ3v) is 9.31. The van der Waals surface area contributed by atoms with E-state index in [-0.39, 0.29) is 29.3 Å². The molecule has 2 saturated heterocycles. The van der Waals surface area contributed by atoms with Gasteiger partial charge < -0.3 is 20.1 Å². The quantitative estimate of drug-likeness (QED) is 0.513. The van der Waals surface area contributed by atoms with Gasteiger partial charge in [-0.2, -0.15) is 0 Å². The topological polar surface area (TPSA) is 87.6 Å². The number of likely N-dealkylation sites (tertiary alicyclic amines) is 1. The van der Waals surface area contributed by atoms with E-state index in [9.17, 15) is 9.90 Å². The lowest BCUT2D eigenvalue weighted by molar-refractivity contribution is -0.140. The van der Waals surface area contributed by atoms with Crippen LogP contribution < -0.4 is 5.32 Å². The summed E-state index contributed by atoms with van der Waals surface area (Å²) in [4.78, 5) is 24.5. The second kappa shape index (κ2) is 8.64. The van der Waals surface area contributed by atoms with E-state index in [1.807, 2.05) is 26.0 Å². The lowest BCUT2D eigenvalue weighted by atomic mass is 9.98. The number of morpholine rings is 1. The zero-order valence-electron chi connectivity index (χ0n) is 19.4. The summed E-state index contributed by atoms with van der Waals surface area (Å²) in [5.74, 6) is -0.0523. The van der Waals surface area contributed by atoms with Crippen molar-refractivity contribution in [3.63, 3.8) is 0 Å². The van der Waals surface area contributed by atoms with Crippen LogP contribution >= 0.6 is 34.5 Å². The van der Waals surface area contributed by atoms with E-state index in [0.717, 1.165) is 45.0 Å². The molecule has 4 unspecified atom stereocenters. The summed E-state index contributed by atoms with van der Waals surface area (Å²) in [6.07, 6.45) is 1.44. The first-order valence-corrected chi connectivity index (χ1v) is 13.4. The van der Waals surface area contributed by atoms with E-state index >= 15 is 0 Å². The number of amides is 1. The SMILES string of the molecule is CC1(C)C2C(=O)N(Cc3cc4ncnc(-c5cc(Cl)cc(Cl)c5CC5CNCCO5)c4s3)C(O)C21. The summed E-state index contributed by atoms with van der Waals surface area (Å²) < 4.78 is 6.82. The van der Waals surface area contributed by atoms with Crippen molar-refractivity contribution in [1.29, 1.82) is 0 Å². The van der Waals surface area contributed by atoms with E-state index in [4.69, 9.17) is 27.9 Å². The normalized spacial score (nSPS) is 27.5. The van der Waals surface area contributed by atoms with Crippen LogP contribution in [0.25, 0.3) is 21.5 Å². The molecule has 0 spiro atoms. The van der Waals surface area contributed by atoms with Crippen LogP contribution in [0.15, 0.2) is 24.5 Å². The summed E-state index contributed by atoms with van der Waals surface area (Å²) >= 11 is 14.6. The van der Waals surface area contributed by atoms with Crippen LogP contribution in [0.2, 0.25) is 10.0 Å². The molecule has 4 atom stereocenters. The number of halogens is 2. The Labute approximate surface area is 217 Å². The van der Waals surface area contributed by atoms with E-state index in [1.165, 1.54) is 11.3 Å². The molecule has 7 nitrogen and oxygen atoms in total. The van der Waals surface area contributed by atoms with Crippen molar-refractivity contribution in [3.05, 3.63) is 45.0 Å². The first-order valence-electron chi connectivity index (χ1n) is 11.8. The number of nitrogens with zero attached hydrogens (tertiary/aromatic N) is 3. The average Bonchev–Trinajstić information content (AvgIpc) is 3.07. The minimum absolute atomic E-state index is 0.00684. The minimum Gasteiger partial charge on any atom is -0.375 e. The van der Waals surface area contributed by atoms with Crippen molar-refractivity contribution in [1.82, 2.24) is 20.2 Å². The summed E-state index contributed by atoms with van der Waals surface area (Å²) in [5, 5.41) is 15.2. The van der Waals surface area contributed by atoms with Gasteiger partial charge in [-0.3, -0.25) is 4.79 Å². The average molecular weight is 533 g/mol. The van der Waals surface area contributed by atoms with Gasteiger partial charge in [0, 0.05) is 45.9 Å². The van der Waals surface area contributed by atoms with Gasteiger partial charge in [-0.25, -0.2) is 9.97 Å². The number of hydrogen-bond acceptors (Lipinski definition) is 7. The molecule has 0 bridgehead atoms. The number of fused-ring (bicyclic) bond motifs is 2. The molecule has 1 amide bonds. The van der Waals surface area contributed by atoms with Crippen molar-refractivity contribution in [2.75, 3.05) is 19.7 Å². The summed E-state index contributed by atoms with van der Waals surface area (Å²) in [7, 11) is 0. The third kappa shape index (κ3) is 3.95. The fourth-order valence-electron chi connectivity index (χ4n) is 5.72. The second-order valence-corrected chi connectivity index (χ2v) is 12.1. The van der Waals surface area contributed by atoms with Crippen LogP contribution in [-0.4, -0.2) is 57.9 Å². The number of ether oxygens (including phenoxy) is 1. The molecule has 1 aromatic carbocycles. The molecule has 35 heavy (non-hydrogen) atoms. The van der Waals surface area contributed by atoms with Gasteiger partial charge in [0.1, 0.15) is 12.6 Å². The number of aliphatic hydroxyl groups is 1. The van der Waals surface area contributed by atoms with Gasteiger partial charge in [0.05, 0.1) is 41.1 Å². The van der Waals surface area contributed by atoms with Crippen LogP contribution in [0.1, 0.15) is 24.3 Å². The van der Waals surface area contributed by atoms with Crippen molar-refractivity contribution in [3.8, 4) is 11.3 Å². The summed E-state index contributed by atoms with van der Waals surface area (Å²) in [6.45, 7) is 6.71. The highest BCUT2D eigenvalue weighted by Gasteiger charge is 2.71. The largest absolute Gasteiger partial charge is 0.375 e. The molecule has 1 aliphatic carbocycles. The third-order valence-electron chi connectivity index (χ3n) is 7.64. The number of nitrogens with one attached hydrogen (secondary N) is 1. The number of carbonyl (C=O) groups excluding carboxylic acids is 1. The van der Waals surface area contributed by atoms with Crippen LogP contribution in [0, 0.1) is 17.3 Å². The zero-order chi connectivity index (χ0) is 24.5. The van der Waals surface area contributed by atoms with Crippen molar-refractivity contribution >= 4 is 50.7 Å². The summed E-state index contributed by atoms with van der Waals surface area (Å²) in [5.41, 5.74) is 3.22. The predicted molar refractivity (Wildman–Crippen MR) is 137 cm³/mol. The highest BCUT2D eigenvalue weighted by Crippen LogP contribution is 2.65. The Hall–Kier alpha value is -1.81. The molecule has 3 aromatic rings. The maximum atomic E-state index is 12.9. The highest BCUT2D eigenvalue weighted by atomic mass is 35.5. The van der Waals surface area contributed by atoms with E-state index < -0.39 is 6.23 Å². The first kappa shape index (κ1) is 23.6. The van der Waals surface area contributed by atoms with Crippen molar-refractivity contribution < 1.29 is 14.6 Å². The number of hydrogen-bond donors (Lipinski definition) is 2. The molecule has 10 heteroatoms. The molecule has 6 rings (SSSR count). The fraction of sp³-hybridized carbons (Fsp3) is 0.480. The van der Waals surface area contributed by atoms with Crippen LogP contribution in [0.5, 0.6) is 0 Å². The molecule has 184 valence electrons. The van der Waals surface area contributed by atoms with Crippen LogP contribution in [0.3, 0.4) is 0 Å². The molecular formula is C25H26Cl2N4O3S. The molecule has 0 radical (unpaired) electrons. The number of rotatable bonds is 5. The second-order valence-electron chi connectivity index (χ2n) is 10.2. The van der Waals surface area contributed by atoms with Gasteiger partial charge in [-0.15, -0.1) is 11.3 Å². The fourth-order valence-corrected chi connectivity index (χ4v) is 7.40. The predicted octanol–water partition coefficient (Wildman–Crippen LogP) is 4.13. The van der Waals surface area contributed by atoms with Crippen LogP contribution in [-0.2, 0) is 22.5 Å². The van der Waals surface area contributed by atoms with Gasteiger partial charge in [0.15, 0.2) is 0 Å². The Morgan fingerprint density at radius 2 is 2.11 bits per heavy atom. The Balaban J connectivity index is 1.35. The number of benzene rings is 1. The van der Waals surface area contributed by atoms with Crippen LogP contribution in [0.4, 0.5) is 0 Å². The smallest absolute Gasteiger partial charge is 0.229 e. The van der Waals surface area contributed by atoms with Crippen molar-refractivity contribution in [2.24, 2.45) is 17.3 Å². The maximum Gasteiger partial charge on any atom is 0.229 e. The molecule has 2 aliphatic heterocycles.